The van der Waals surface area contributed by atoms with E-state index in [0.717, 1.165) is 0 Å². The molecule has 3 aromatic rings. The summed E-state index contributed by atoms with van der Waals surface area (Å²) in [5.74, 6) is -1.72. The Hall–Kier alpha value is -3.74. The Morgan fingerprint density at radius 2 is 1.95 bits per heavy atom. The van der Waals surface area contributed by atoms with Crippen molar-refractivity contribution >= 4 is 22.6 Å². The van der Waals surface area contributed by atoms with Crippen LogP contribution in [-0.2, 0) is 13.0 Å². The molecule has 0 unspecified atom stereocenters. The van der Waals surface area contributed by atoms with Gasteiger partial charge in [0, 0.05) is 50.9 Å². The lowest BCUT2D eigenvalue weighted by molar-refractivity contribution is 0.0957. The molecule has 196 valence electrons. The van der Waals surface area contributed by atoms with Gasteiger partial charge in [0.1, 0.15) is 17.0 Å². The van der Waals surface area contributed by atoms with Gasteiger partial charge in [0.15, 0.2) is 11.5 Å². The van der Waals surface area contributed by atoms with Gasteiger partial charge in [-0.1, -0.05) is 0 Å². The Labute approximate surface area is 208 Å². The first kappa shape index (κ1) is 24.9. The summed E-state index contributed by atoms with van der Waals surface area (Å²) in [4.78, 5) is 37.3. The zero-order chi connectivity index (χ0) is 26.3. The summed E-state index contributed by atoms with van der Waals surface area (Å²) in [6, 6.07) is 2.96. The average Bonchev–Trinajstić information content (AvgIpc) is 2.90. The molecular weight excluding hydrogens is 496 g/mol. The van der Waals surface area contributed by atoms with Gasteiger partial charge in [-0.05, 0) is 25.0 Å². The first-order valence-electron chi connectivity index (χ1n) is 11.8. The number of pyridine rings is 1. The molecule has 2 aliphatic heterocycles. The zero-order valence-corrected chi connectivity index (χ0v) is 19.9. The Balaban J connectivity index is 1.39. The zero-order valence-electron chi connectivity index (χ0n) is 19.9. The maximum absolute atomic E-state index is 15.6. The number of aryl methyl sites for hydroxylation is 1. The largest absolute Gasteiger partial charge is 0.493 e. The van der Waals surface area contributed by atoms with E-state index in [-0.39, 0.29) is 40.3 Å². The van der Waals surface area contributed by atoms with Crippen molar-refractivity contribution in [1.29, 1.82) is 0 Å². The highest BCUT2D eigenvalue weighted by molar-refractivity contribution is 5.92. The van der Waals surface area contributed by atoms with Crippen molar-refractivity contribution in [2.24, 2.45) is 0 Å². The topological polar surface area (TPSA) is 103 Å². The number of halogens is 4. The summed E-state index contributed by atoms with van der Waals surface area (Å²) in [7, 11) is 1.43. The summed E-state index contributed by atoms with van der Waals surface area (Å²) >= 11 is 0. The van der Waals surface area contributed by atoms with E-state index in [0.29, 0.717) is 51.2 Å². The molecule has 1 aromatic carbocycles. The van der Waals surface area contributed by atoms with Crippen LogP contribution >= 0.6 is 0 Å². The second-order valence-corrected chi connectivity index (χ2v) is 8.88. The van der Waals surface area contributed by atoms with Crippen LogP contribution in [0.1, 0.15) is 40.2 Å². The first-order chi connectivity index (χ1) is 17.8. The molecule has 2 aliphatic rings. The van der Waals surface area contributed by atoms with E-state index in [1.165, 1.54) is 19.2 Å². The van der Waals surface area contributed by atoms with Crippen molar-refractivity contribution in [2.75, 3.05) is 44.7 Å². The predicted octanol–water partition coefficient (Wildman–Crippen LogP) is 2.54. The van der Waals surface area contributed by atoms with Gasteiger partial charge in [-0.25, -0.2) is 23.1 Å². The van der Waals surface area contributed by atoms with Crippen LogP contribution in [0.25, 0.3) is 11.0 Å². The Bertz CT molecular complexity index is 1420. The van der Waals surface area contributed by atoms with Gasteiger partial charge in [-0.2, -0.15) is 4.39 Å². The molecule has 13 heteroatoms. The summed E-state index contributed by atoms with van der Waals surface area (Å²) in [5, 5.41) is 2.40. The van der Waals surface area contributed by atoms with E-state index >= 15 is 4.39 Å². The molecule has 1 saturated heterocycles. The van der Waals surface area contributed by atoms with Gasteiger partial charge in [0.25, 0.3) is 17.9 Å². The summed E-state index contributed by atoms with van der Waals surface area (Å²) < 4.78 is 62.5. The lowest BCUT2D eigenvalue weighted by Gasteiger charge is -2.36. The number of aromatic amines is 1. The van der Waals surface area contributed by atoms with Crippen molar-refractivity contribution in [3.05, 3.63) is 56.8 Å². The number of hydrogen-bond donors (Lipinski definition) is 2. The van der Waals surface area contributed by atoms with E-state index < -0.39 is 35.4 Å². The third kappa shape index (κ3) is 4.59. The van der Waals surface area contributed by atoms with E-state index in [2.05, 4.69) is 20.3 Å². The molecule has 0 radical (unpaired) electrons. The van der Waals surface area contributed by atoms with Crippen molar-refractivity contribution in [1.82, 2.24) is 25.2 Å². The number of H-pyrrole nitrogens is 1. The highest BCUT2D eigenvalue weighted by Crippen LogP contribution is 2.38. The smallest absolute Gasteiger partial charge is 0.285 e. The van der Waals surface area contributed by atoms with Crippen LogP contribution in [0.2, 0.25) is 0 Å². The highest BCUT2D eigenvalue weighted by Gasteiger charge is 2.29. The predicted molar refractivity (Wildman–Crippen MR) is 126 cm³/mol. The van der Waals surface area contributed by atoms with Crippen LogP contribution in [0.3, 0.4) is 0 Å². The van der Waals surface area contributed by atoms with Crippen LogP contribution in [-0.4, -0.2) is 65.6 Å². The molecule has 37 heavy (non-hydrogen) atoms. The maximum Gasteiger partial charge on any atom is 0.285 e. The molecule has 0 spiro atoms. The summed E-state index contributed by atoms with van der Waals surface area (Å²) in [6.07, 6.45) is -2.03. The number of carbonyl (C=O) groups excluding carboxylic acids is 1. The monoisotopic (exact) mass is 520 g/mol. The number of hydrogen-bond acceptors (Lipinski definition) is 7. The molecule has 0 atom stereocenters. The normalized spacial score (nSPS) is 16.1. The number of aromatic nitrogens is 3. The number of carbonyl (C=O) groups is 1. The fraction of sp³-hybridized carbons (Fsp3) is 0.417. The van der Waals surface area contributed by atoms with Crippen LogP contribution in [0.5, 0.6) is 5.75 Å². The van der Waals surface area contributed by atoms with Crippen molar-refractivity contribution in [3.8, 4) is 5.75 Å². The maximum atomic E-state index is 15.6. The fourth-order valence-corrected chi connectivity index (χ4v) is 4.79. The van der Waals surface area contributed by atoms with Crippen molar-refractivity contribution in [3.63, 3.8) is 0 Å². The van der Waals surface area contributed by atoms with E-state index in [4.69, 9.17) is 4.74 Å². The number of rotatable bonds is 5. The molecule has 2 aromatic heterocycles. The molecule has 0 aliphatic carbocycles. The fourth-order valence-electron chi connectivity index (χ4n) is 4.79. The average molecular weight is 520 g/mol. The number of benzene rings is 1. The van der Waals surface area contributed by atoms with Gasteiger partial charge in [-0.15, -0.1) is 0 Å². The van der Waals surface area contributed by atoms with Gasteiger partial charge in [0.2, 0.25) is 5.95 Å². The van der Waals surface area contributed by atoms with Gasteiger partial charge < -0.3 is 19.9 Å². The third-order valence-corrected chi connectivity index (χ3v) is 6.67. The molecule has 0 saturated carbocycles. The molecule has 4 heterocycles. The Morgan fingerprint density at radius 3 is 2.62 bits per heavy atom. The van der Waals surface area contributed by atoms with E-state index in [1.807, 2.05) is 4.90 Å². The molecule has 0 bridgehead atoms. The summed E-state index contributed by atoms with van der Waals surface area (Å²) in [6.45, 7) is 2.26. The number of anilines is 1. The van der Waals surface area contributed by atoms with Gasteiger partial charge in [0.05, 0.1) is 17.8 Å². The van der Waals surface area contributed by atoms with Crippen molar-refractivity contribution < 1.29 is 27.1 Å². The molecule has 1 amide bonds. The SMILES string of the molecule is CNC(=O)c1ccc(N2CCN(Cc3c4c(c5nc(C(F)F)c(=O)[nH]c5c3F)CCCO4)CC2)c(F)n1. The minimum atomic E-state index is -3.09. The first-order valence-corrected chi connectivity index (χ1v) is 11.8. The number of amides is 1. The van der Waals surface area contributed by atoms with Gasteiger partial charge >= 0.3 is 0 Å². The summed E-state index contributed by atoms with van der Waals surface area (Å²) in [5.41, 5.74) is -1.34. The van der Waals surface area contributed by atoms with Crippen LogP contribution in [0.15, 0.2) is 16.9 Å². The highest BCUT2D eigenvalue weighted by atomic mass is 19.3. The minimum absolute atomic E-state index is 0.0150. The van der Waals surface area contributed by atoms with E-state index in [9.17, 15) is 22.8 Å². The lowest BCUT2D eigenvalue weighted by atomic mass is 9.98. The number of nitrogens with zero attached hydrogens (tertiary/aromatic N) is 4. The number of alkyl halides is 2. The third-order valence-electron chi connectivity index (χ3n) is 6.67. The molecule has 1 fully saturated rings. The Morgan fingerprint density at radius 1 is 1.19 bits per heavy atom. The lowest BCUT2D eigenvalue weighted by Crippen LogP contribution is -2.46. The minimum Gasteiger partial charge on any atom is -0.493 e. The molecule has 9 nitrogen and oxygen atoms in total. The second kappa shape index (κ2) is 9.96. The molecule has 2 N–H and O–H groups in total. The van der Waals surface area contributed by atoms with E-state index in [1.54, 1.807) is 4.90 Å². The number of ether oxygens (including phenoxy) is 1. The number of nitrogens with one attached hydrogen (secondary N) is 2. The Kier molecular flexibility index (Phi) is 6.71. The van der Waals surface area contributed by atoms with Crippen LogP contribution < -0.4 is 20.5 Å². The van der Waals surface area contributed by atoms with Crippen LogP contribution in [0, 0.1) is 11.8 Å². The standard InChI is InChI=1S/C24H24F4N6O3/c1-29-23(35)14-4-5-15(22(28)30-14)34-8-6-33(7-9-34)11-13-16(25)18-17(12-3-2-10-37-20(12)13)31-19(21(26)27)24(36)32-18/h4-5,21H,2-3,6-11H2,1H3,(H,29,35)(H,32,36). The quantitative estimate of drug-likeness (QED) is 0.394. The van der Waals surface area contributed by atoms with Crippen LogP contribution in [0.4, 0.5) is 23.2 Å². The second-order valence-electron chi connectivity index (χ2n) is 8.88. The molecular formula is C24H24F4N6O3. The number of piperazine rings is 1. The number of fused-ring (bicyclic) bond motifs is 3. The van der Waals surface area contributed by atoms with Crippen molar-refractivity contribution in [2.45, 2.75) is 25.8 Å². The molecule has 5 rings (SSSR count). The van der Waals surface area contributed by atoms with Gasteiger partial charge in [-0.3, -0.25) is 14.5 Å².